The van der Waals surface area contributed by atoms with Gasteiger partial charge in [-0.1, -0.05) is 30.3 Å². The molecule has 3 rings (SSSR count). The highest BCUT2D eigenvalue weighted by Gasteiger charge is 2.42. The summed E-state index contributed by atoms with van der Waals surface area (Å²) >= 11 is 0. The Hall–Kier alpha value is -2.95. The van der Waals surface area contributed by atoms with Gasteiger partial charge in [0.1, 0.15) is 0 Å². The summed E-state index contributed by atoms with van der Waals surface area (Å²) in [5.74, 6) is -0.708. The molecule has 1 N–H and O–H groups in total. The number of amides is 2. The summed E-state index contributed by atoms with van der Waals surface area (Å²) in [7, 11) is 1.73. The fourth-order valence-electron chi connectivity index (χ4n) is 3.23. The maximum Gasteiger partial charge on any atom is 0.230 e. The molecule has 1 saturated heterocycles. The van der Waals surface area contributed by atoms with Gasteiger partial charge in [0.25, 0.3) is 0 Å². The molecule has 0 aromatic heterocycles. The predicted molar refractivity (Wildman–Crippen MR) is 95.1 cm³/mol. The smallest absolute Gasteiger partial charge is 0.230 e. The van der Waals surface area contributed by atoms with E-state index in [0.717, 1.165) is 5.56 Å². The van der Waals surface area contributed by atoms with E-state index in [1.165, 1.54) is 6.92 Å². The van der Waals surface area contributed by atoms with Gasteiger partial charge in [-0.25, -0.2) is 0 Å². The first-order chi connectivity index (χ1) is 12.0. The Bertz CT molecular complexity index is 799. The largest absolute Gasteiger partial charge is 0.338 e. The molecule has 0 radical (unpaired) electrons. The molecule has 0 saturated carbocycles. The second-order valence-corrected chi connectivity index (χ2v) is 6.29. The number of nitrogens with zero attached hydrogens (tertiary/aromatic N) is 1. The number of hydrogen-bond acceptors (Lipinski definition) is 3. The van der Waals surface area contributed by atoms with Crippen molar-refractivity contribution in [1.82, 2.24) is 4.90 Å². The number of rotatable bonds is 4. The van der Waals surface area contributed by atoms with Gasteiger partial charge in [-0.2, -0.15) is 0 Å². The fourth-order valence-corrected chi connectivity index (χ4v) is 3.23. The first-order valence-corrected chi connectivity index (χ1v) is 8.20. The quantitative estimate of drug-likeness (QED) is 0.873. The molecule has 128 valence electrons. The molecular formula is C20H20N2O3. The molecule has 1 heterocycles. The van der Waals surface area contributed by atoms with E-state index in [2.05, 4.69) is 5.32 Å². The maximum absolute atomic E-state index is 12.8. The minimum absolute atomic E-state index is 0.0231. The van der Waals surface area contributed by atoms with E-state index in [0.29, 0.717) is 11.3 Å². The lowest BCUT2D eigenvalue weighted by molar-refractivity contribution is -0.127. The zero-order valence-corrected chi connectivity index (χ0v) is 14.2. The number of hydrogen-bond donors (Lipinski definition) is 1. The first kappa shape index (κ1) is 16.9. The molecule has 2 amide bonds. The lowest BCUT2D eigenvalue weighted by Crippen LogP contribution is -2.30. The summed E-state index contributed by atoms with van der Waals surface area (Å²) < 4.78 is 0. The molecule has 5 nitrogen and oxygen atoms in total. The second kappa shape index (κ2) is 6.89. The van der Waals surface area contributed by atoms with Crippen molar-refractivity contribution in [3.63, 3.8) is 0 Å². The van der Waals surface area contributed by atoms with Crippen LogP contribution in [-0.2, 0) is 9.59 Å². The molecule has 2 aromatic rings. The fraction of sp³-hybridized carbons (Fsp3) is 0.250. The Kier molecular flexibility index (Phi) is 4.65. The van der Waals surface area contributed by atoms with Gasteiger partial charge in [-0.05, 0) is 36.8 Å². The molecule has 25 heavy (non-hydrogen) atoms. The summed E-state index contributed by atoms with van der Waals surface area (Å²) in [6.07, 6.45) is 0.188. The van der Waals surface area contributed by atoms with E-state index in [1.807, 2.05) is 30.3 Å². The minimum atomic E-state index is -0.451. The standard InChI is InChI=1S/C20H20N2O3/c1-13(23)14-8-10-16(11-9-14)21-20(25)17-12-18(24)22(2)19(17)15-6-4-3-5-7-15/h3-11,17,19H,12H2,1-2H3,(H,21,25)/t17-,19-/m1/s1. The van der Waals surface area contributed by atoms with E-state index >= 15 is 0 Å². The molecule has 1 aliphatic rings. The third-order valence-electron chi connectivity index (χ3n) is 4.62. The van der Waals surface area contributed by atoms with Crippen molar-refractivity contribution >= 4 is 23.3 Å². The van der Waals surface area contributed by atoms with E-state index < -0.39 is 5.92 Å². The Morgan fingerprint density at radius 2 is 1.68 bits per heavy atom. The van der Waals surface area contributed by atoms with Crippen LogP contribution in [0.3, 0.4) is 0 Å². The molecule has 2 atom stereocenters. The number of anilines is 1. The van der Waals surface area contributed by atoms with Crippen LogP contribution in [0.1, 0.15) is 35.3 Å². The van der Waals surface area contributed by atoms with E-state index in [9.17, 15) is 14.4 Å². The summed E-state index contributed by atoms with van der Waals surface area (Å²) in [6.45, 7) is 1.50. The van der Waals surface area contributed by atoms with Crippen LogP contribution in [0, 0.1) is 5.92 Å². The van der Waals surface area contributed by atoms with Gasteiger partial charge < -0.3 is 10.2 Å². The zero-order valence-electron chi connectivity index (χ0n) is 14.2. The van der Waals surface area contributed by atoms with Crippen LogP contribution in [0.4, 0.5) is 5.69 Å². The van der Waals surface area contributed by atoms with Gasteiger partial charge in [0.2, 0.25) is 11.8 Å². The van der Waals surface area contributed by atoms with Crippen molar-refractivity contribution in [1.29, 1.82) is 0 Å². The van der Waals surface area contributed by atoms with Gasteiger partial charge in [0.05, 0.1) is 12.0 Å². The molecular weight excluding hydrogens is 316 g/mol. The van der Waals surface area contributed by atoms with E-state index in [1.54, 1.807) is 36.2 Å². The molecule has 0 spiro atoms. The van der Waals surface area contributed by atoms with Crippen LogP contribution >= 0.6 is 0 Å². The number of likely N-dealkylation sites (tertiary alicyclic amines) is 1. The molecule has 5 heteroatoms. The molecule has 2 aromatic carbocycles. The van der Waals surface area contributed by atoms with Crippen molar-refractivity contribution in [2.24, 2.45) is 5.92 Å². The number of benzene rings is 2. The lowest BCUT2D eigenvalue weighted by Gasteiger charge is -2.25. The molecule has 0 aliphatic carbocycles. The maximum atomic E-state index is 12.8. The number of carbonyl (C=O) groups is 3. The van der Waals surface area contributed by atoms with Crippen LogP contribution < -0.4 is 5.32 Å². The van der Waals surface area contributed by atoms with E-state index in [-0.39, 0.29) is 30.1 Å². The highest BCUT2D eigenvalue weighted by atomic mass is 16.2. The number of ketones is 1. The molecule has 0 bridgehead atoms. The first-order valence-electron chi connectivity index (χ1n) is 8.20. The third-order valence-corrected chi connectivity index (χ3v) is 4.62. The normalized spacial score (nSPS) is 19.8. The highest BCUT2D eigenvalue weighted by molar-refractivity contribution is 5.99. The average molecular weight is 336 g/mol. The molecule has 1 aliphatic heterocycles. The Morgan fingerprint density at radius 3 is 2.28 bits per heavy atom. The number of carbonyl (C=O) groups excluding carboxylic acids is 3. The third kappa shape index (κ3) is 3.45. The molecule has 1 fully saturated rings. The van der Waals surface area contributed by atoms with Gasteiger partial charge >= 0.3 is 0 Å². The summed E-state index contributed by atoms with van der Waals surface area (Å²) in [5.41, 5.74) is 2.16. The van der Waals surface area contributed by atoms with Crippen molar-refractivity contribution in [2.45, 2.75) is 19.4 Å². The van der Waals surface area contributed by atoms with Crippen LogP contribution in [-0.4, -0.2) is 29.5 Å². The van der Waals surface area contributed by atoms with Crippen LogP contribution in [0.2, 0.25) is 0 Å². The highest BCUT2D eigenvalue weighted by Crippen LogP contribution is 2.37. The van der Waals surface area contributed by atoms with Crippen molar-refractivity contribution in [2.75, 3.05) is 12.4 Å². The van der Waals surface area contributed by atoms with Crippen molar-refractivity contribution in [3.8, 4) is 0 Å². The monoisotopic (exact) mass is 336 g/mol. The van der Waals surface area contributed by atoms with Gasteiger partial charge in [-0.3, -0.25) is 14.4 Å². The van der Waals surface area contributed by atoms with Crippen LogP contribution in [0.15, 0.2) is 54.6 Å². The second-order valence-electron chi connectivity index (χ2n) is 6.29. The minimum Gasteiger partial charge on any atom is -0.338 e. The topological polar surface area (TPSA) is 66.5 Å². The van der Waals surface area contributed by atoms with Crippen LogP contribution in [0.25, 0.3) is 0 Å². The van der Waals surface area contributed by atoms with Crippen molar-refractivity contribution in [3.05, 3.63) is 65.7 Å². The number of nitrogens with one attached hydrogen (secondary N) is 1. The summed E-state index contributed by atoms with van der Waals surface area (Å²) in [4.78, 5) is 37.9. The average Bonchev–Trinajstić information content (AvgIpc) is 2.91. The predicted octanol–water partition coefficient (Wildman–Crippen LogP) is 3.05. The van der Waals surface area contributed by atoms with Gasteiger partial charge in [0.15, 0.2) is 5.78 Å². The lowest BCUT2D eigenvalue weighted by atomic mass is 9.93. The summed E-state index contributed by atoms with van der Waals surface area (Å²) in [5, 5.41) is 2.86. The van der Waals surface area contributed by atoms with Crippen molar-refractivity contribution < 1.29 is 14.4 Å². The zero-order chi connectivity index (χ0) is 18.0. The van der Waals surface area contributed by atoms with Gasteiger partial charge in [-0.15, -0.1) is 0 Å². The van der Waals surface area contributed by atoms with Gasteiger partial charge in [0, 0.05) is 24.7 Å². The Labute approximate surface area is 146 Å². The number of Topliss-reactive ketones (excluding diaryl/α,β-unsaturated/α-hetero) is 1. The Balaban J connectivity index is 1.80. The van der Waals surface area contributed by atoms with E-state index in [4.69, 9.17) is 0 Å². The summed E-state index contributed by atoms with van der Waals surface area (Å²) in [6, 6.07) is 16.1. The Morgan fingerprint density at radius 1 is 1.04 bits per heavy atom. The molecule has 0 unspecified atom stereocenters. The van der Waals surface area contributed by atoms with Crippen LogP contribution in [0.5, 0.6) is 0 Å². The SMILES string of the molecule is CC(=O)c1ccc(NC(=O)[C@@H]2CC(=O)N(C)[C@@H]2c2ccccc2)cc1.